The van der Waals surface area contributed by atoms with Gasteiger partial charge >= 0.3 is 12.1 Å². The monoisotopic (exact) mass is 615 g/mol. The number of carbonyl (C=O) groups is 1. The summed E-state index contributed by atoms with van der Waals surface area (Å²) in [7, 11) is 0. The van der Waals surface area contributed by atoms with Crippen LogP contribution in [-0.4, -0.2) is 46.8 Å². The molecule has 0 aliphatic heterocycles. The zero-order valence-corrected chi connectivity index (χ0v) is 23.7. The van der Waals surface area contributed by atoms with Crippen LogP contribution in [-0.2, 0) is 11.3 Å². The third kappa shape index (κ3) is 7.96. The summed E-state index contributed by atoms with van der Waals surface area (Å²) < 4.78 is 49.0. The molecule has 0 fully saturated rings. The number of carboxylic acid groups (broad SMARTS) is 1. The molecule has 0 atom stereocenters. The van der Waals surface area contributed by atoms with Crippen molar-refractivity contribution in [2.24, 2.45) is 0 Å². The first-order valence-corrected chi connectivity index (χ1v) is 13.4. The number of aliphatic carboxylic acids is 1. The third-order valence-corrected chi connectivity index (χ3v) is 6.39. The normalized spacial score (nSPS) is 11.0. The second-order valence-electron chi connectivity index (χ2n) is 9.72. The van der Waals surface area contributed by atoms with Crippen LogP contribution in [0.25, 0.3) is 28.1 Å². The van der Waals surface area contributed by atoms with Crippen LogP contribution in [0.3, 0.4) is 0 Å². The summed E-state index contributed by atoms with van der Waals surface area (Å²) in [5.41, 5.74) is 6.49. The molecule has 0 spiro atoms. The van der Waals surface area contributed by atoms with Crippen LogP contribution in [0, 0.1) is 12.7 Å². The summed E-state index contributed by atoms with van der Waals surface area (Å²) in [4.78, 5) is 17.6. The molecule has 9 nitrogen and oxygen atoms in total. The van der Waals surface area contributed by atoms with Crippen molar-refractivity contribution in [1.29, 1.82) is 0 Å². The molecule has 45 heavy (non-hydrogen) atoms. The van der Waals surface area contributed by atoms with Crippen molar-refractivity contribution in [1.82, 2.24) is 29.5 Å². The molecular formula is C32H25F4N7O2. The molecule has 0 saturated heterocycles. The molecule has 6 aromatic rings. The molecule has 3 aromatic heterocycles. The molecule has 0 aliphatic carbocycles. The smallest absolute Gasteiger partial charge is 0.475 e. The minimum absolute atomic E-state index is 0.278. The summed E-state index contributed by atoms with van der Waals surface area (Å²) in [5, 5.41) is 19.7. The predicted octanol–water partition coefficient (Wildman–Crippen LogP) is 7.07. The molecule has 0 unspecified atom stereocenters. The maximum atomic E-state index is 13.7. The average Bonchev–Trinajstić information content (AvgIpc) is 3.65. The zero-order chi connectivity index (χ0) is 32.0. The van der Waals surface area contributed by atoms with E-state index in [0.717, 1.165) is 45.1 Å². The molecule has 0 aliphatic rings. The molecule has 2 N–H and O–H groups in total. The average molecular weight is 616 g/mol. The highest BCUT2D eigenvalue weighted by atomic mass is 19.4. The highest BCUT2D eigenvalue weighted by Gasteiger charge is 2.38. The second kappa shape index (κ2) is 13.2. The number of hydrogen-bond donors (Lipinski definition) is 2. The summed E-state index contributed by atoms with van der Waals surface area (Å²) in [5.74, 6) is -1.61. The van der Waals surface area contributed by atoms with Gasteiger partial charge in [0, 0.05) is 29.2 Å². The molecule has 6 rings (SSSR count). The third-order valence-electron chi connectivity index (χ3n) is 6.39. The summed E-state index contributed by atoms with van der Waals surface area (Å²) >= 11 is 0. The van der Waals surface area contributed by atoms with Crippen LogP contribution in [0.15, 0.2) is 110 Å². The summed E-state index contributed by atoms with van der Waals surface area (Å²) in [6, 6.07) is 28.4. The number of carboxylic acids is 1. The summed E-state index contributed by atoms with van der Waals surface area (Å²) in [6.45, 7) is 2.49. The molecule has 228 valence electrons. The molecular weight excluding hydrogens is 590 g/mol. The van der Waals surface area contributed by atoms with Crippen molar-refractivity contribution in [2.75, 3.05) is 5.32 Å². The Morgan fingerprint density at radius 2 is 1.58 bits per heavy atom. The van der Waals surface area contributed by atoms with Gasteiger partial charge in [0.15, 0.2) is 0 Å². The first-order valence-electron chi connectivity index (χ1n) is 13.4. The van der Waals surface area contributed by atoms with E-state index in [9.17, 15) is 17.6 Å². The number of hydrogen-bond acceptors (Lipinski definition) is 6. The molecule has 0 radical (unpaired) electrons. The van der Waals surface area contributed by atoms with Crippen molar-refractivity contribution >= 4 is 17.5 Å². The van der Waals surface area contributed by atoms with Crippen molar-refractivity contribution < 1.29 is 27.5 Å². The van der Waals surface area contributed by atoms with Crippen LogP contribution in [0.1, 0.15) is 11.4 Å². The van der Waals surface area contributed by atoms with Crippen LogP contribution >= 0.6 is 0 Å². The maximum Gasteiger partial charge on any atom is 0.490 e. The van der Waals surface area contributed by atoms with E-state index in [2.05, 4.69) is 32.5 Å². The number of nitrogens with one attached hydrogen (secondary N) is 1. The van der Waals surface area contributed by atoms with Gasteiger partial charge < -0.3 is 10.4 Å². The Morgan fingerprint density at radius 1 is 0.889 bits per heavy atom. The van der Waals surface area contributed by atoms with Crippen molar-refractivity contribution in [2.45, 2.75) is 19.6 Å². The lowest BCUT2D eigenvalue weighted by Gasteiger charge is -2.09. The Kier molecular flexibility index (Phi) is 8.98. The number of benzene rings is 3. The number of anilines is 2. The van der Waals surface area contributed by atoms with E-state index in [1.807, 2.05) is 72.4 Å². The Bertz CT molecular complexity index is 1890. The quantitative estimate of drug-likeness (QED) is 0.185. The van der Waals surface area contributed by atoms with E-state index in [4.69, 9.17) is 15.0 Å². The number of nitrogens with zero attached hydrogens (tertiary/aromatic N) is 6. The molecule has 0 bridgehead atoms. The van der Waals surface area contributed by atoms with Gasteiger partial charge in [-0.2, -0.15) is 23.4 Å². The van der Waals surface area contributed by atoms with Gasteiger partial charge in [-0.05, 0) is 78.7 Å². The first-order chi connectivity index (χ1) is 21.5. The number of pyridine rings is 1. The van der Waals surface area contributed by atoms with Gasteiger partial charge in [0.05, 0.1) is 12.2 Å². The Hall–Kier alpha value is -5.85. The van der Waals surface area contributed by atoms with Gasteiger partial charge in [-0.15, -0.1) is 0 Å². The van der Waals surface area contributed by atoms with E-state index < -0.39 is 12.1 Å². The van der Waals surface area contributed by atoms with Gasteiger partial charge in [0.2, 0.25) is 0 Å². The fraction of sp³-hybridized carbons (Fsp3) is 0.0938. The highest BCUT2D eigenvalue weighted by Crippen LogP contribution is 2.33. The molecule has 3 heterocycles. The maximum absolute atomic E-state index is 13.7. The Morgan fingerprint density at radius 3 is 2.20 bits per heavy atom. The fourth-order valence-electron chi connectivity index (χ4n) is 4.29. The van der Waals surface area contributed by atoms with Gasteiger partial charge in [-0.3, -0.25) is 4.68 Å². The Balaban J connectivity index is 0.000000515. The number of rotatable bonds is 7. The SMILES string of the molecule is Cc1ncn(-c2ccc(Nc3cc(-c4cn(Cc5ccccc5)nc4-c4ccc(F)cc4)ccn3)cc2)n1.O=C(O)C(F)(F)F. The van der Waals surface area contributed by atoms with Gasteiger partial charge in [0.25, 0.3) is 0 Å². The number of aryl methyl sites for hydroxylation is 1. The lowest BCUT2D eigenvalue weighted by atomic mass is 10.0. The number of alkyl halides is 3. The van der Waals surface area contributed by atoms with E-state index in [-0.39, 0.29) is 5.82 Å². The lowest BCUT2D eigenvalue weighted by molar-refractivity contribution is -0.192. The van der Waals surface area contributed by atoms with E-state index in [0.29, 0.717) is 12.4 Å². The van der Waals surface area contributed by atoms with Crippen LogP contribution in [0.2, 0.25) is 0 Å². The van der Waals surface area contributed by atoms with Crippen molar-refractivity contribution in [3.8, 4) is 28.1 Å². The van der Waals surface area contributed by atoms with E-state index in [1.54, 1.807) is 29.3 Å². The second-order valence-corrected chi connectivity index (χ2v) is 9.72. The topological polar surface area (TPSA) is 111 Å². The largest absolute Gasteiger partial charge is 0.490 e. The van der Waals surface area contributed by atoms with Gasteiger partial charge in [0.1, 0.15) is 29.5 Å². The van der Waals surface area contributed by atoms with Crippen LogP contribution < -0.4 is 5.32 Å². The number of aromatic nitrogens is 6. The van der Waals surface area contributed by atoms with Gasteiger partial charge in [-0.25, -0.2) is 23.8 Å². The minimum atomic E-state index is -5.08. The lowest BCUT2D eigenvalue weighted by Crippen LogP contribution is -2.21. The van der Waals surface area contributed by atoms with Crippen LogP contribution in [0.4, 0.5) is 29.1 Å². The van der Waals surface area contributed by atoms with Crippen LogP contribution in [0.5, 0.6) is 0 Å². The van der Waals surface area contributed by atoms with Crippen molar-refractivity contribution in [3.63, 3.8) is 0 Å². The molecule has 0 saturated carbocycles. The first kappa shape index (κ1) is 30.6. The molecule has 3 aromatic carbocycles. The van der Waals surface area contributed by atoms with Gasteiger partial charge in [-0.1, -0.05) is 30.3 Å². The fourth-order valence-corrected chi connectivity index (χ4v) is 4.29. The standard InChI is InChI=1S/C30H24FN7.C2HF3O2/c1-21-33-20-38(35-21)27-13-11-26(12-14-27)34-29-17-24(15-16-32-29)28-19-37(18-22-5-3-2-4-6-22)36-30(28)23-7-9-25(31)10-8-23;3-2(4,5)1(6)7/h2-17,19-20H,18H2,1H3,(H,32,34);(H,6,7). The highest BCUT2D eigenvalue weighted by molar-refractivity contribution is 5.81. The summed E-state index contributed by atoms with van der Waals surface area (Å²) in [6.07, 6.45) is 0.409. The Labute approximate surface area is 254 Å². The molecule has 13 heteroatoms. The molecule has 0 amide bonds. The zero-order valence-electron chi connectivity index (χ0n) is 23.7. The van der Waals surface area contributed by atoms with E-state index in [1.165, 1.54) is 12.1 Å². The van der Waals surface area contributed by atoms with E-state index >= 15 is 0 Å². The predicted molar refractivity (Wildman–Crippen MR) is 159 cm³/mol. The minimum Gasteiger partial charge on any atom is -0.475 e. The van der Waals surface area contributed by atoms with Crippen molar-refractivity contribution in [3.05, 3.63) is 127 Å². The number of halogens is 4.